The highest BCUT2D eigenvalue weighted by atomic mass is 19.1. The summed E-state index contributed by atoms with van der Waals surface area (Å²) in [5.41, 5.74) is 1.21. The van der Waals surface area contributed by atoms with Crippen LogP contribution in [0.4, 0.5) is 4.39 Å². The lowest BCUT2D eigenvalue weighted by molar-refractivity contribution is -0.124. The lowest BCUT2D eigenvalue weighted by Gasteiger charge is -2.44. The molecule has 0 aromatic heterocycles. The van der Waals surface area contributed by atoms with Gasteiger partial charge in [-0.05, 0) is 75.5 Å². The first kappa shape index (κ1) is 21.8. The summed E-state index contributed by atoms with van der Waals surface area (Å²) < 4.78 is 25.4. The van der Waals surface area contributed by atoms with Crippen molar-refractivity contribution in [3.63, 3.8) is 0 Å². The Labute approximate surface area is 159 Å². The Hall–Kier alpha value is -0.450. The van der Waals surface area contributed by atoms with Crippen molar-refractivity contribution in [1.29, 1.82) is 0 Å². The molecule has 0 radical (unpaired) electrons. The summed E-state index contributed by atoms with van der Waals surface area (Å²) in [6.07, 6.45) is 8.11. The monoisotopic (exact) mass is 370 g/mol. The maximum absolute atomic E-state index is 14.8. The average molecular weight is 371 g/mol. The van der Waals surface area contributed by atoms with E-state index in [1.54, 1.807) is 7.11 Å². The molecule has 2 aliphatic rings. The SMILES string of the molecule is COCOC(C)(C)CC(F)CC(C)[C@H]1CC[C@H]2/C(=C/CO)CCC[C@]12C. The molecule has 4 heteroatoms. The fourth-order valence-electron chi connectivity index (χ4n) is 5.84. The molecular weight excluding hydrogens is 331 g/mol. The van der Waals surface area contributed by atoms with Crippen LogP contribution in [0.5, 0.6) is 0 Å². The number of hydrogen-bond acceptors (Lipinski definition) is 3. The number of alkyl halides is 1. The maximum atomic E-state index is 14.8. The first-order valence-electron chi connectivity index (χ1n) is 10.3. The zero-order valence-electron chi connectivity index (χ0n) is 17.4. The summed E-state index contributed by atoms with van der Waals surface area (Å²) in [6, 6.07) is 0. The van der Waals surface area contributed by atoms with Gasteiger partial charge in [0.05, 0.1) is 12.2 Å². The van der Waals surface area contributed by atoms with Crippen LogP contribution in [0.2, 0.25) is 0 Å². The first-order chi connectivity index (χ1) is 12.2. The van der Waals surface area contributed by atoms with Crippen LogP contribution < -0.4 is 0 Å². The van der Waals surface area contributed by atoms with E-state index < -0.39 is 11.8 Å². The first-order valence-corrected chi connectivity index (χ1v) is 10.3. The van der Waals surface area contributed by atoms with E-state index in [4.69, 9.17) is 9.47 Å². The fraction of sp³-hybridized carbons (Fsp3) is 0.909. The number of allylic oxidation sites excluding steroid dienone is 1. The van der Waals surface area contributed by atoms with Gasteiger partial charge in [-0.25, -0.2) is 4.39 Å². The Morgan fingerprint density at radius 3 is 2.77 bits per heavy atom. The standard InChI is InChI=1S/C22H39FO3/c1-16(13-18(23)14-21(2,3)26-15-25-5)19-8-9-20-17(10-12-24)7-6-11-22(19,20)4/h10,16,18-20,24H,6-9,11-15H2,1-5H3/b17-10+/t16?,18?,19-,20+,22-/m1/s1. The summed E-state index contributed by atoms with van der Waals surface area (Å²) >= 11 is 0. The van der Waals surface area contributed by atoms with Crippen LogP contribution in [0, 0.1) is 23.2 Å². The molecule has 2 fully saturated rings. The second kappa shape index (κ2) is 9.16. The summed E-state index contributed by atoms with van der Waals surface area (Å²) in [5, 5.41) is 9.34. The molecule has 26 heavy (non-hydrogen) atoms. The molecule has 2 unspecified atom stereocenters. The number of aliphatic hydroxyl groups is 1. The van der Waals surface area contributed by atoms with Gasteiger partial charge in [-0.2, -0.15) is 0 Å². The van der Waals surface area contributed by atoms with Gasteiger partial charge in [-0.3, -0.25) is 0 Å². The van der Waals surface area contributed by atoms with Crippen molar-refractivity contribution < 1.29 is 19.0 Å². The molecule has 5 atom stereocenters. The van der Waals surface area contributed by atoms with Crippen LogP contribution in [0.25, 0.3) is 0 Å². The number of ether oxygens (including phenoxy) is 2. The molecule has 152 valence electrons. The maximum Gasteiger partial charge on any atom is 0.147 e. The fourth-order valence-corrected chi connectivity index (χ4v) is 5.84. The van der Waals surface area contributed by atoms with E-state index in [-0.39, 0.29) is 18.8 Å². The topological polar surface area (TPSA) is 38.7 Å². The Morgan fingerprint density at radius 2 is 2.12 bits per heavy atom. The number of halogens is 1. The van der Waals surface area contributed by atoms with E-state index in [1.165, 1.54) is 31.3 Å². The molecule has 0 aliphatic heterocycles. The van der Waals surface area contributed by atoms with Crippen molar-refractivity contribution in [1.82, 2.24) is 0 Å². The second-order valence-electron chi connectivity index (χ2n) is 9.38. The van der Waals surface area contributed by atoms with Crippen molar-refractivity contribution in [2.24, 2.45) is 23.2 Å². The predicted octanol–water partition coefficient (Wildman–Crippen LogP) is 5.28. The van der Waals surface area contributed by atoms with E-state index >= 15 is 0 Å². The molecule has 0 aromatic rings. The van der Waals surface area contributed by atoms with Gasteiger partial charge in [0.25, 0.3) is 0 Å². The lowest BCUT2D eigenvalue weighted by atomic mass is 9.60. The van der Waals surface area contributed by atoms with Gasteiger partial charge in [0.15, 0.2) is 0 Å². The number of rotatable bonds is 9. The third kappa shape index (κ3) is 5.08. The molecule has 0 saturated heterocycles. The number of hydrogen-bond donors (Lipinski definition) is 1. The second-order valence-corrected chi connectivity index (χ2v) is 9.38. The normalized spacial score (nSPS) is 33.3. The summed E-state index contributed by atoms with van der Waals surface area (Å²) in [4.78, 5) is 0. The Morgan fingerprint density at radius 1 is 1.38 bits per heavy atom. The average Bonchev–Trinajstić information content (AvgIpc) is 2.90. The molecule has 0 spiro atoms. The number of fused-ring (bicyclic) bond motifs is 1. The lowest BCUT2D eigenvalue weighted by Crippen LogP contribution is -2.37. The van der Waals surface area contributed by atoms with Crippen LogP contribution in [0.1, 0.15) is 72.6 Å². The Balaban J connectivity index is 1.97. The molecule has 0 heterocycles. The van der Waals surface area contributed by atoms with Gasteiger partial charge >= 0.3 is 0 Å². The van der Waals surface area contributed by atoms with E-state index in [1.807, 2.05) is 19.9 Å². The number of aliphatic hydroxyl groups excluding tert-OH is 1. The van der Waals surface area contributed by atoms with Crippen molar-refractivity contribution in [2.75, 3.05) is 20.5 Å². The van der Waals surface area contributed by atoms with Gasteiger partial charge in [0, 0.05) is 13.5 Å². The van der Waals surface area contributed by atoms with Crippen molar-refractivity contribution in [3.05, 3.63) is 11.6 Å². The zero-order valence-corrected chi connectivity index (χ0v) is 17.4. The van der Waals surface area contributed by atoms with Crippen LogP contribution in [0.15, 0.2) is 11.6 Å². The minimum absolute atomic E-state index is 0.144. The van der Waals surface area contributed by atoms with Crippen LogP contribution in [0.3, 0.4) is 0 Å². The minimum atomic E-state index is -0.851. The minimum Gasteiger partial charge on any atom is -0.392 e. The largest absolute Gasteiger partial charge is 0.392 e. The van der Waals surface area contributed by atoms with Crippen molar-refractivity contribution >= 4 is 0 Å². The van der Waals surface area contributed by atoms with Crippen LogP contribution in [-0.4, -0.2) is 37.4 Å². The van der Waals surface area contributed by atoms with E-state index in [9.17, 15) is 9.50 Å². The summed E-state index contributed by atoms with van der Waals surface area (Å²) in [7, 11) is 1.59. The highest BCUT2D eigenvalue weighted by Crippen LogP contribution is 2.59. The third-order valence-electron chi connectivity index (χ3n) is 6.99. The zero-order chi connectivity index (χ0) is 19.4. The molecule has 3 nitrogen and oxygen atoms in total. The third-order valence-corrected chi connectivity index (χ3v) is 6.99. The summed E-state index contributed by atoms with van der Waals surface area (Å²) in [5.74, 6) is 1.51. The Bertz CT molecular complexity index is 476. The van der Waals surface area contributed by atoms with E-state index in [0.717, 1.165) is 6.42 Å². The quantitative estimate of drug-likeness (QED) is 0.443. The molecule has 2 rings (SSSR count). The van der Waals surface area contributed by atoms with E-state index in [2.05, 4.69) is 13.8 Å². The molecule has 2 aliphatic carbocycles. The number of methoxy groups -OCH3 is 1. The van der Waals surface area contributed by atoms with Crippen molar-refractivity contribution in [3.8, 4) is 0 Å². The summed E-state index contributed by atoms with van der Waals surface area (Å²) in [6.45, 7) is 8.86. The van der Waals surface area contributed by atoms with Gasteiger partial charge in [-0.15, -0.1) is 0 Å². The van der Waals surface area contributed by atoms with Crippen LogP contribution >= 0.6 is 0 Å². The smallest absolute Gasteiger partial charge is 0.147 e. The highest BCUT2D eigenvalue weighted by Gasteiger charge is 2.50. The molecule has 1 N–H and O–H groups in total. The van der Waals surface area contributed by atoms with Crippen molar-refractivity contribution in [2.45, 2.75) is 84.4 Å². The molecular formula is C22H39FO3. The molecule has 0 amide bonds. The van der Waals surface area contributed by atoms with Gasteiger partial charge < -0.3 is 14.6 Å². The molecule has 0 aromatic carbocycles. The van der Waals surface area contributed by atoms with Gasteiger partial charge in [0.2, 0.25) is 0 Å². The van der Waals surface area contributed by atoms with Crippen LogP contribution in [-0.2, 0) is 9.47 Å². The van der Waals surface area contributed by atoms with Gasteiger partial charge in [-0.1, -0.05) is 25.5 Å². The molecule has 0 bridgehead atoms. The Kier molecular flexibility index (Phi) is 7.70. The van der Waals surface area contributed by atoms with Gasteiger partial charge in [0.1, 0.15) is 13.0 Å². The predicted molar refractivity (Wildman–Crippen MR) is 104 cm³/mol. The molecule has 2 saturated carbocycles. The van der Waals surface area contributed by atoms with E-state index in [0.29, 0.717) is 30.6 Å². The highest BCUT2D eigenvalue weighted by molar-refractivity contribution is 5.18.